The zero-order valence-corrected chi connectivity index (χ0v) is 7.88. The summed E-state index contributed by atoms with van der Waals surface area (Å²) in [6.45, 7) is 6.01. The van der Waals surface area contributed by atoms with Gasteiger partial charge in [0.25, 0.3) is 0 Å². The fourth-order valence-electron chi connectivity index (χ4n) is 1.14. The van der Waals surface area contributed by atoms with Gasteiger partial charge in [0.2, 0.25) is 0 Å². The summed E-state index contributed by atoms with van der Waals surface area (Å²) in [7, 11) is 0. The van der Waals surface area contributed by atoms with Crippen LogP contribution in [0.15, 0.2) is 24.5 Å². The molecule has 1 aromatic rings. The fourth-order valence-corrected chi connectivity index (χ4v) is 1.14. The molecule has 1 unspecified atom stereocenters. The van der Waals surface area contributed by atoms with Gasteiger partial charge in [-0.3, -0.25) is 5.84 Å². The van der Waals surface area contributed by atoms with E-state index in [1.54, 1.807) is 12.4 Å². The van der Waals surface area contributed by atoms with Crippen LogP contribution in [0.2, 0.25) is 0 Å². The van der Waals surface area contributed by atoms with Crippen LogP contribution in [0.5, 0.6) is 0 Å². The summed E-state index contributed by atoms with van der Waals surface area (Å²) in [6.07, 6.45) is 5.29. The first kappa shape index (κ1) is 9.95. The quantitative estimate of drug-likeness (QED) is 0.363. The third-order valence-corrected chi connectivity index (χ3v) is 2.04. The summed E-state index contributed by atoms with van der Waals surface area (Å²) in [4.78, 5) is 7.16. The van der Waals surface area contributed by atoms with Gasteiger partial charge in [-0.25, -0.2) is 10.4 Å². The Morgan fingerprint density at radius 2 is 2.62 bits per heavy atom. The van der Waals surface area contributed by atoms with Crippen molar-refractivity contribution in [1.82, 2.24) is 15.4 Å². The first-order valence-corrected chi connectivity index (χ1v) is 4.40. The largest absolute Gasteiger partial charge is 0.347 e. The predicted molar refractivity (Wildman–Crippen MR) is 52.7 cm³/mol. The van der Waals surface area contributed by atoms with Crippen molar-refractivity contribution in [2.45, 2.75) is 25.8 Å². The molecule has 1 heterocycles. The maximum Gasteiger partial charge on any atom is 0.124 e. The first-order chi connectivity index (χ1) is 6.27. The zero-order valence-electron chi connectivity index (χ0n) is 7.88. The fraction of sp³-hybridized carbons (Fsp3) is 0.444. The summed E-state index contributed by atoms with van der Waals surface area (Å²) in [5, 5.41) is 0. The summed E-state index contributed by atoms with van der Waals surface area (Å²) >= 11 is 0. The monoisotopic (exact) mass is 180 g/mol. The number of hydrogen-bond acceptors (Lipinski definition) is 3. The molecule has 0 saturated carbocycles. The Labute approximate surface area is 78.2 Å². The third-order valence-electron chi connectivity index (χ3n) is 2.04. The van der Waals surface area contributed by atoms with E-state index in [1.165, 1.54) is 5.57 Å². The van der Waals surface area contributed by atoms with Gasteiger partial charge in [-0.2, -0.15) is 0 Å². The third kappa shape index (κ3) is 2.68. The second-order valence-corrected chi connectivity index (χ2v) is 3.00. The molecule has 0 aromatic carbocycles. The number of hydrazine groups is 1. The molecule has 72 valence electrons. The Balaban J connectivity index is 2.58. The highest BCUT2D eigenvalue weighted by Crippen LogP contribution is 2.17. The molecule has 0 fully saturated rings. The maximum absolute atomic E-state index is 5.42. The normalized spacial score (nSPS) is 12.8. The zero-order chi connectivity index (χ0) is 9.68. The van der Waals surface area contributed by atoms with Crippen LogP contribution < -0.4 is 11.3 Å². The Bertz CT molecular complexity index is 253. The van der Waals surface area contributed by atoms with Crippen LogP contribution in [0.3, 0.4) is 0 Å². The summed E-state index contributed by atoms with van der Waals surface area (Å²) in [5.74, 6) is 6.27. The van der Waals surface area contributed by atoms with E-state index in [-0.39, 0.29) is 6.04 Å². The molecule has 0 aliphatic rings. The Morgan fingerprint density at radius 3 is 3.08 bits per heavy atom. The lowest BCUT2D eigenvalue weighted by molar-refractivity contribution is 0.521. The van der Waals surface area contributed by atoms with Crippen molar-refractivity contribution < 1.29 is 0 Å². The van der Waals surface area contributed by atoms with Gasteiger partial charge < -0.3 is 4.98 Å². The number of imidazole rings is 1. The first-order valence-electron chi connectivity index (χ1n) is 4.40. The molecular formula is C9H16N4. The Morgan fingerprint density at radius 1 is 1.85 bits per heavy atom. The number of H-pyrrole nitrogens is 1. The van der Waals surface area contributed by atoms with Crippen LogP contribution in [-0.2, 0) is 0 Å². The van der Waals surface area contributed by atoms with Gasteiger partial charge in [0, 0.05) is 12.4 Å². The van der Waals surface area contributed by atoms with Crippen molar-refractivity contribution >= 4 is 0 Å². The molecule has 4 N–H and O–H groups in total. The molecule has 1 atom stereocenters. The minimum absolute atomic E-state index is 0.0439. The van der Waals surface area contributed by atoms with Gasteiger partial charge in [0.1, 0.15) is 5.82 Å². The van der Waals surface area contributed by atoms with Crippen molar-refractivity contribution in [1.29, 1.82) is 0 Å². The topological polar surface area (TPSA) is 66.7 Å². The van der Waals surface area contributed by atoms with Crippen LogP contribution in [-0.4, -0.2) is 9.97 Å². The highest BCUT2D eigenvalue weighted by Gasteiger charge is 2.11. The SMILES string of the molecule is C=C(CC)CC(NN)c1ncc[nH]1. The van der Waals surface area contributed by atoms with Crippen LogP contribution in [0, 0.1) is 0 Å². The highest BCUT2D eigenvalue weighted by molar-refractivity contribution is 5.03. The summed E-state index contributed by atoms with van der Waals surface area (Å²) < 4.78 is 0. The van der Waals surface area contributed by atoms with E-state index in [4.69, 9.17) is 5.84 Å². The van der Waals surface area contributed by atoms with Crippen LogP contribution >= 0.6 is 0 Å². The van der Waals surface area contributed by atoms with E-state index >= 15 is 0 Å². The standard InChI is InChI=1S/C9H16N4/c1-3-7(2)6-8(13-10)9-11-4-5-12-9/h4-5,8,13H,2-3,6,10H2,1H3,(H,11,12). The van der Waals surface area contributed by atoms with E-state index in [1.807, 2.05) is 0 Å². The number of hydrogen-bond donors (Lipinski definition) is 3. The van der Waals surface area contributed by atoms with E-state index in [0.29, 0.717) is 0 Å². The van der Waals surface area contributed by atoms with Crippen LogP contribution in [0.1, 0.15) is 31.6 Å². The molecule has 13 heavy (non-hydrogen) atoms. The number of aromatic amines is 1. The number of nitrogens with zero attached hydrogens (tertiary/aromatic N) is 1. The highest BCUT2D eigenvalue weighted by atomic mass is 15.2. The molecule has 0 radical (unpaired) electrons. The van der Waals surface area contributed by atoms with Gasteiger partial charge in [0.15, 0.2) is 0 Å². The van der Waals surface area contributed by atoms with Gasteiger partial charge in [-0.15, -0.1) is 0 Å². The van der Waals surface area contributed by atoms with E-state index in [9.17, 15) is 0 Å². The minimum atomic E-state index is 0.0439. The number of aromatic nitrogens is 2. The van der Waals surface area contributed by atoms with Gasteiger partial charge in [-0.1, -0.05) is 19.1 Å². The average Bonchev–Trinajstić information content (AvgIpc) is 2.66. The van der Waals surface area contributed by atoms with E-state index in [2.05, 4.69) is 28.9 Å². The molecule has 0 spiro atoms. The smallest absolute Gasteiger partial charge is 0.124 e. The lowest BCUT2D eigenvalue weighted by atomic mass is 10.1. The molecule has 0 amide bonds. The maximum atomic E-state index is 5.42. The van der Waals surface area contributed by atoms with Crippen molar-refractivity contribution in [3.63, 3.8) is 0 Å². The molecule has 0 bridgehead atoms. The molecular weight excluding hydrogens is 164 g/mol. The molecule has 4 heteroatoms. The van der Waals surface area contributed by atoms with Gasteiger partial charge >= 0.3 is 0 Å². The van der Waals surface area contributed by atoms with Crippen molar-refractivity contribution in [3.05, 3.63) is 30.4 Å². The molecule has 0 saturated heterocycles. The average molecular weight is 180 g/mol. The van der Waals surface area contributed by atoms with Gasteiger partial charge in [-0.05, 0) is 12.8 Å². The van der Waals surface area contributed by atoms with E-state index in [0.717, 1.165) is 18.7 Å². The van der Waals surface area contributed by atoms with Crippen LogP contribution in [0.25, 0.3) is 0 Å². The number of nitrogens with two attached hydrogens (primary N) is 1. The molecule has 0 aliphatic heterocycles. The predicted octanol–water partition coefficient (Wildman–Crippen LogP) is 1.27. The minimum Gasteiger partial charge on any atom is -0.347 e. The lowest BCUT2D eigenvalue weighted by Gasteiger charge is -2.13. The van der Waals surface area contributed by atoms with Gasteiger partial charge in [0.05, 0.1) is 6.04 Å². The van der Waals surface area contributed by atoms with E-state index < -0.39 is 0 Å². The van der Waals surface area contributed by atoms with Crippen molar-refractivity contribution in [3.8, 4) is 0 Å². The Hall–Kier alpha value is -1.13. The number of rotatable bonds is 5. The molecule has 0 aliphatic carbocycles. The summed E-state index contributed by atoms with van der Waals surface area (Å²) in [6, 6.07) is 0.0439. The van der Waals surface area contributed by atoms with Crippen LogP contribution in [0.4, 0.5) is 0 Å². The Kier molecular flexibility index (Phi) is 3.67. The second-order valence-electron chi connectivity index (χ2n) is 3.00. The summed E-state index contributed by atoms with van der Waals surface area (Å²) in [5.41, 5.74) is 3.88. The lowest BCUT2D eigenvalue weighted by Crippen LogP contribution is -2.29. The van der Waals surface area contributed by atoms with Crippen molar-refractivity contribution in [2.75, 3.05) is 0 Å². The number of nitrogens with one attached hydrogen (secondary N) is 2. The molecule has 4 nitrogen and oxygen atoms in total. The molecule has 1 rings (SSSR count). The molecule has 1 aromatic heterocycles. The second kappa shape index (κ2) is 4.79. The van der Waals surface area contributed by atoms with Crippen molar-refractivity contribution in [2.24, 2.45) is 5.84 Å².